The largest absolute Gasteiger partial charge is 0.494 e. The summed E-state index contributed by atoms with van der Waals surface area (Å²) in [5.41, 5.74) is 0.926. The van der Waals surface area contributed by atoms with Gasteiger partial charge in [-0.1, -0.05) is 41.9 Å². The Kier molecular flexibility index (Phi) is 6.10. The van der Waals surface area contributed by atoms with Crippen LogP contribution in [0.25, 0.3) is 0 Å². The van der Waals surface area contributed by atoms with Gasteiger partial charge in [0.05, 0.1) is 11.6 Å². The molecule has 2 aromatic rings. The molecule has 116 valence electrons. The lowest BCUT2D eigenvalue weighted by Gasteiger charge is -2.11. The number of amides is 1. The molecule has 0 fully saturated rings. The standard InChI is InChI=1S/C17H18ClNO3/c1-2-21-15-9-5-3-7-13(15)11-19-17(20)12-22-16-10-6-4-8-14(16)18/h3-10H,2,11-12H2,1H3,(H,19,20). The number of ether oxygens (including phenoxy) is 2. The Morgan fingerprint density at radius 3 is 2.45 bits per heavy atom. The van der Waals surface area contributed by atoms with E-state index in [0.717, 1.165) is 11.3 Å². The zero-order chi connectivity index (χ0) is 15.8. The summed E-state index contributed by atoms with van der Waals surface area (Å²) >= 11 is 5.96. The van der Waals surface area contributed by atoms with Crippen LogP contribution in [0.4, 0.5) is 0 Å². The number of rotatable bonds is 7. The van der Waals surface area contributed by atoms with Crippen molar-refractivity contribution in [2.75, 3.05) is 13.2 Å². The maximum Gasteiger partial charge on any atom is 0.258 e. The summed E-state index contributed by atoms with van der Waals surface area (Å²) in [6.07, 6.45) is 0. The van der Waals surface area contributed by atoms with Crippen molar-refractivity contribution in [3.8, 4) is 11.5 Å². The molecule has 1 N–H and O–H groups in total. The van der Waals surface area contributed by atoms with E-state index in [1.165, 1.54) is 0 Å². The average Bonchev–Trinajstić information content (AvgIpc) is 2.53. The molecule has 5 heteroatoms. The van der Waals surface area contributed by atoms with E-state index in [1.54, 1.807) is 24.3 Å². The van der Waals surface area contributed by atoms with Crippen LogP contribution < -0.4 is 14.8 Å². The van der Waals surface area contributed by atoms with Gasteiger partial charge in [0.25, 0.3) is 5.91 Å². The fraction of sp³-hybridized carbons (Fsp3) is 0.235. The highest BCUT2D eigenvalue weighted by atomic mass is 35.5. The van der Waals surface area contributed by atoms with Crippen LogP contribution in [0.3, 0.4) is 0 Å². The second kappa shape index (κ2) is 8.29. The van der Waals surface area contributed by atoms with Gasteiger partial charge in [0.15, 0.2) is 6.61 Å². The van der Waals surface area contributed by atoms with Crippen molar-refractivity contribution in [1.29, 1.82) is 0 Å². The van der Waals surface area contributed by atoms with Crippen molar-refractivity contribution in [1.82, 2.24) is 5.32 Å². The van der Waals surface area contributed by atoms with E-state index < -0.39 is 0 Å². The van der Waals surface area contributed by atoms with Crippen LogP contribution in [0, 0.1) is 0 Å². The summed E-state index contributed by atoms with van der Waals surface area (Å²) in [6, 6.07) is 14.6. The van der Waals surface area contributed by atoms with Gasteiger partial charge in [-0.3, -0.25) is 4.79 Å². The normalized spacial score (nSPS) is 10.1. The van der Waals surface area contributed by atoms with Crippen LogP contribution in [0.2, 0.25) is 5.02 Å². The molecule has 0 saturated carbocycles. The molecule has 0 atom stereocenters. The second-order valence-electron chi connectivity index (χ2n) is 4.54. The number of hydrogen-bond donors (Lipinski definition) is 1. The van der Waals surface area contributed by atoms with Crippen molar-refractivity contribution in [3.05, 3.63) is 59.1 Å². The Morgan fingerprint density at radius 1 is 1.05 bits per heavy atom. The lowest BCUT2D eigenvalue weighted by atomic mass is 10.2. The molecule has 0 aliphatic heterocycles. The van der Waals surface area contributed by atoms with Crippen LogP contribution in [0.15, 0.2) is 48.5 Å². The molecule has 22 heavy (non-hydrogen) atoms. The molecule has 0 radical (unpaired) electrons. The Morgan fingerprint density at radius 2 is 1.73 bits per heavy atom. The van der Waals surface area contributed by atoms with Crippen molar-refractivity contribution < 1.29 is 14.3 Å². The highest BCUT2D eigenvalue weighted by molar-refractivity contribution is 6.32. The van der Waals surface area contributed by atoms with Gasteiger partial charge >= 0.3 is 0 Å². The summed E-state index contributed by atoms with van der Waals surface area (Å²) in [5, 5.41) is 3.28. The molecule has 0 unspecified atom stereocenters. The molecule has 2 aromatic carbocycles. The quantitative estimate of drug-likeness (QED) is 0.850. The summed E-state index contributed by atoms with van der Waals surface area (Å²) in [6.45, 7) is 2.81. The number of para-hydroxylation sites is 2. The van der Waals surface area contributed by atoms with Crippen LogP contribution >= 0.6 is 11.6 Å². The fourth-order valence-electron chi connectivity index (χ4n) is 1.90. The molecular weight excluding hydrogens is 302 g/mol. The molecule has 0 saturated heterocycles. The molecule has 1 amide bonds. The van der Waals surface area contributed by atoms with Crippen molar-refractivity contribution >= 4 is 17.5 Å². The number of carbonyl (C=O) groups excluding carboxylic acids is 1. The Balaban J connectivity index is 1.84. The highest BCUT2D eigenvalue weighted by Gasteiger charge is 2.07. The predicted molar refractivity (Wildman–Crippen MR) is 86.4 cm³/mol. The molecule has 0 aromatic heterocycles. The third kappa shape index (κ3) is 4.67. The number of carbonyl (C=O) groups is 1. The van der Waals surface area contributed by atoms with E-state index >= 15 is 0 Å². The lowest BCUT2D eigenvalue weighted by Crippen LogP contribution is -2.28. The van der Waals surface area contributed by atoms with E-state index in [9.17, 15) is 4.79 Å². The number of halogens is 1. The molecule has 0 aliphatic carbocycles. The average molecular weight is 320 g/mol. The molecular formula is C17H18ClNO3. The van der Waals surface area contributed by atoms with Crippen LogP contribution in [0.1, 0.15) is 12.5 Å². The van der Waals surface area contributed by atoms with Gasteiger partial charge < -0.3 is 14.8 Å². The lowest BCUT2D eigenvalue weighted by molar-refractivity contribution is -0.123. The van der Waals surface area contributed by atoms with Crippen LogP contribution in [-0.4, -0.2) is 19.1 Å². The smallest absolute Gasteiger partial charge is 0.258 e. The molecule has 0 bridgehead atoms. The van der Waals surface area contributed by atoms with Gasteiger partial charge in [0, 0.05) is 12.1 Å². The summed E-state index contributed by atoms with van der Waals surface area (Å²) in [5.74, 6) is 1.05. The Labute approximate surface area is 135 Å². The molecule has 2 rings (SSSR count). The Hall–Kier alpha value is -2.20. The van der Waals surface area contributed by atoms with Gasteiger partial charge in [-0.25, -0.2) is 0 Å². The predicted octanol–water partition coefficient (Wildman–Crippen LogP) is 3.43. The van der Waals surface area contributed by atoms with Crippen LogP contribution in [0.5, 0.6) is 11.5 Å². The van der Waals surface area contributed by atoms with Crippen molar-refractivity contribution in [2.45, 2.75) is 13.5 Å². The summed E-state index contributed by atoms with van der Waals surface area (Å²) < 4.78 is 10.9. The van der Waals surface area contributed by atoms with Gasteiger partial charge in [-0.05, 0) is 25.1 Å². The third-order valence-corrected chi connectivity index (χ3v) is 3.26. The first kappa shape index (κ1) is 16.2. The summed E-state index contributed by atoms with van der Waals surface area (Å²) in [4.78, 5) is 11.9. The highest BCUT2D eigenvalue weighted by Crippen LogP contribution is 2.23. The first-order valence-electron chi connectivity index (χ1n) is 7.05. The molecule has 0 aliphatic rings. The van der Waals surface area contributed by atoms with Crippen molar-refractivity contribution in [3.63, 3.8) is 0 Å². The summed E-state index contributed by atoms with van der Waals surface area (Å²) in [7, 11) is 0. The minimum Gasteiger partial charge on any atom is -0.494 e. The molecule has 4 nitrogen and oxygen atoms in total. The number of nitrogens with one attached hydrogen (secondary N) is 1. The van der Waals surface area contributed by atoms with E-state index in [1.807, 2.05) is 31.2 Å². The van der Waals surface area contributed by atoms with Crippen molar-refractivity contribution in [2.24, 2.45) is 0 Å². The van der Waals surface area contributed by atoms with E-state index in [-0.39, 0.29) is 12.5 Å². The SMILES string of the molecule is CCOc1ccccc1CNC(=O)COc1ccccc1Cl. The second-order valence-corrected chi connectivity index (χ2v) is 4.94. The van der Waals surface area contributed by atoms with Gasteiger partial charge in [0.1, 0.15) is 11.5 Å². The van der Waals surface area contributed by atoms with Crippen LogP contribution in [-0.2, 0) is 11.3 Å². The minimum absolute atomic E-state index is 0.0828. The molecule has 0 spiro atoms. The molecule has 0 heterocycles. The first-order valence-corrected chi connectivity index (χ1v) is 7.43. The monoisotopic (exact) mass is 319 g/mol. The zero-order valence-electron chi connectivity index (χ0n) is 12.3. The number of benzene rings is 2. The third-order valence-electron chi connectivity index (χ3n) is 2.94. The van der Waals surface area contributed by atoms with E-state index in [0.29, 0.717) is 23.9 Å². The Bertz CT molecular complexity index is 631. The zero-order valence-corrected chi connectivity index (χ0v) is 13.1. The van der Waals surface area contributed by atoms with Gasteiger partial charge in [-0.2, -0.15) is 0 Å². The maximum absolute atomic E-state index is 11.9. The number of hydrogen-bond acceptors (Lipinski definition) is 3. The maximum atomic E-state index is 11.9. The van der Waals surface area contributed by atoms with Gasteiger partial charge in [0.2, 0.25) is 0 Å². The minimum atomic E-state index is -0.216. The topological polar surface area (TPSA) is 47.6 Å². The van der Waals surface area contributed by atoms with Gasteiger partial charge in [-0.15, -0.1) is 0 Å². The van der Waals surface area contributed by atoms with E-state index in [2.05, 4.69) is 5.32 Å². The first-order chi connectivity index (χ1) is 10.7. The fourth-order valence-corrected chi connectivity index (χ4v) is 2.09. The van der Waals surface area contributed by atoms with E-state index in [4.69, 9.17) is 21.1 Å².